The molecule has 0 unspecified atom stereocenters. The number of thiophene rings is 1. The molecule has 5 heteroatoms. The van der Waals surface area contributed by atoms with Crippen LogP contribution in [-0.4, -0.2) is 29.4 Å². The molecule has 0 amide bonds. The number of benzene rings is 1. The maximum atomic E-state index is 4.67. The van der Waals surface area contributed by atoms with Gasteiger partial charge in [-0.05, 0) is 29.7 Å². The fourth-order valence-electron chi connectivity index (χ4n) is 3.07. The van der Waals surface area contributed by atoms with Crippen LogP contribution in [0.2, 0.25) is 0 Å². The molecule has 0 atom stereocenters. The molecule has 0 radical (unpaired) electrons. The first-order valence-electron chi connectivity index (χ1n) is 7.49. The number of fused-ring (bicyclic) bond motifs is 2. The average molecular weight is 347 g/mol. The standard InChI is InChI=1S/C17H18N2S3/c1-10(2)15-14(19-8-7-18-17(19)22-15)12-4-5-13(20-3)11-6-9-21-16(11)12/h4-6,9-10H,7-8H2,1-3H3. The van der Waals surface area contributed by atoms with Gasteiger partial charge in [0, 0.05) is 32.0 Å². The maximum absolute atomic E-state index is 4.67. The minimum Gasteiger partial charge on any atom is -0.318 e. The molecule has 22 heavy (non-hydrogen) atoms. The van der Waals surface area contributed by atoms with Crippen molar-refractivity contribution in [2.24, 2.45) is 10.9 Å². The summed E-state index contributed by atoms with van der Waals surface area (Å²) in [5.74, 6) is 0.531. The van der Waals surface area contributed by atoms with Gasteiger partial charge in [-0.15, -0.1) is 23.1 Å². The highest BCUT2D eigenvalue weighted by Crippen LogP contribution is 2.47. The van der Waals surface area contributed by atoms with E-state index in [1.165, 1.54) is 36.3 Å². The van der Waals surface area contributed by atoms with Crippen LogP contribution in [0.3, 0.4) is 0 Å². The second kappa shape index (κ2) is 5.62. The minimum atomic E-state index is 0.531. The topological polar surface area (TPSA) is 15.6 Å². The van der Waals surface area contributed by atoms with Gasteiger partial charge in [0.2, 0.25) is 0 Å². The Bertz CT molecular complexity index is 801. The van der Waals surface area contributed by atoms with Crippen LogP contribution in [0.5, 0.6) is 0 Å². The van der Waals surface area contributed by atoms with Crippen LogP contribution in [0, 0.1) is 5.92 Å². The van der Waals surface area contributed by atoms with E-state index in [9.17, 15) is 0 Å². The van der Waals surface area contributed by atoms with Crippen molar-refractivity contribution < 1.29 is 0 Å². The van der Waals surface area contributed by atoms with Gasteiger partial charge in [0.15, 0.2) is 5.17 Å². The van der Waals surface area contributed by atoms with Crippen LogP contribution in [0.1, 0.15) is 19.4 Å². The zero-order valence-electron chi connectivity index (χ0n) is 12.9. The summed E-state index contributed by atoms with van der Waals surface area (Å²) in [5.41, 5.74) is 2.78. The first kappa shape index (κ1) is 14.7. The van der Waals surface area contributed by atoms with Crippen LogP contribution in [0.25, 0.3) is 15.8 Å². The Morgan fingerprint density at radius 3 is 2.91 bits per heavy atom. The van der Waals surface area contributed by atoms with E-state index in [2.05, 4.69) is 53.6 Å². The first-order valence-corrected chi connectivity index (χ1v) is 10.4. The highest BCUT2D eigenvalue weighted by atomic mass is 32.2. The van der Waals surface area contributed by atoms with E-state index in [-0.39, 0.29) is 0 Å². The number of allylic oxidation sites excluding steroid dienone is 1. The third kappa shape index (κ3) is 2.14. The normalized spacial score (nSPS) is 17.8. The molecule has 0 fully saturated rings. The van der Waals surface area contributed by atoms with Gasteiger partial charge in [-0.2, -0.15) is 0 Å². The lowest BCUT2D eigenvalue weighted by Gasteiger charge is -2.19. The van der Waals surface area contributed by atoms with E-state index in [4.69, 9.17) is 0 Å². The third-order valence-electron chi connectivity index (χ3n) is 4.08. The minimum absolute atomic E-state index is 0.531. The Morgan fingerprint density at radius 2 is 2.14 bits per heavy atom. The van der Waals surface area contributed by atoms with Gasteiger partial charge in [0.25, 0.3) is 0 Å². The van der Waals surface area contributed by atoms with E-state index in [0.29, 0.717) is 5.92 Å². The number of amidine groups is 1. The summed E-state index contributed by atoms with van der Waals surface area (Å²) < 4.78 is 1.41. The zero-order valence-corrected chi connectivity index (χ0v) is 15.4. The predicted octanol–water partition coefficient (Wildman–Crippen LogP) is 5.37. The lowest BCUT2D eigenvalue weighted by molar-refractivity contribution is 0.641. The molecule has 4 rings (SSSR count). The molecule has 114 valence electrons. The van der Waals surface area contributed by atoms with Crippen LogP contribution >= 0.6 is 34.9 Å². The Hall–Kier alpha value is -0.910. The summed E-state index contributed by atoms with van der Waals surface area (Å²) in [6.45, 7) is 6.51. The molecule has 0 spiro atoms. The van der Waals surface area contributed by atoms with Crippen molar-refractivity contribution in [2.45, 2.75) is 18.7 Å². The van der Waals surface area contributed by atoms with Gasteiger partial charge < -0.3 is 4.90 Å². The van der Waals surface area contributed by atoms with Crippen molar-refractivity contribution in [1.82, 2.24) is 4.90 Å². The van der Waals surface area contributed by atoms with E-state index in [1.54, 1.807) is 0 Å². The predicted molar refractivity (Wildman–Crippen MR) is 102 cm³/mol. The van der Waals surface area contributed by atoms with Crippen molar-refractivity contribution in [3.8, 4) is 0 Å². The number of hydrogen-bond donors (Lipinski definition) is 0. The van der Waals surface area contributed by atoms with Crippen molar-refractivity contribution in [1.29, 1.82) is 0 Å². The van der Waals surface area contributed by atoms with E-state index in [0.717, 1.165) is 13.1 Å². The van der Waals surface area contributed by atoms with E-state index >= 15 is 0 Å². The van der Waals surface area contributed by atoms with Crippen molar-refractivity contribution >= 4 is 55.8 Å². The van der Waals surface area contributed by atoms with Crippen molar-refractivity contribution in [3.63, 3.8) is 0 Å². The summed E-state index contributed by atoms with van der Waals surface area (Å²) in [4.78, 5) is 9.93. The fraction of sp³-hybridized carbons (Fsp3) is 0.353. The molecule has 2 aliphatic rings. The van der Waals surface area contributed by atoms with E-state index in [1.807, 2.05) is 34.9 Å². The van der Waals surface area contributed by atoms with Crippen molar-refractivity contribution in [3.05, 3.63) is 34.0 Å². The van der Waals surface area contributed by atoms with Crippen molar-refractivity contribution in [2.75, 3.05) is 19.3 Å². The zero-order chi connectivity index (χ0) is 15.3. The Balaban J connectivity index is 1.95. The second-order valence-corrected chi connectivity index (χ2v) is 8.54. The maximum Gasteiger partial charge on any atom is 0.168 e. The summed E-state index contributed by atoms with van der Waals surface area (Å²) in [7, 11) is 0. The monoisotopic (exact) mass is 346 g/mol. The molecule has 1 aromatic heterocycles. The van der Waals surface area contributed by atoms with Gasteiger partial charge >= 0.3 is 0 Å². The van der Waals surface area contributed by atoms with Crippen LogP contribution in [0.15, 0.2) is 38.4 Å². The molecular formula is C17H18N2S3. The van der Waals surface area contributed by atoms with Crippen LogP contribution in [0.4, 0.5) is 0 Å². The lowest BCUT2D eigenvalue weighted by atomic mass is 10.0. The molecule has 1 aromatic carbocycles. The number of hydrogen-bond acceptors (Lipinski definition) is 5. The third-order valence-corrected chi connectivity index (χ3v) is 7.24. The highest BCUT2D eigenvalue weighted by Gasteiger charge is 2.34. The first-order chi connectivity index (χ1) is 10.7. The number of aliphatic imine (C=N–C) groups is 1. The Labute approximate surface area is 143 Å². The second-order valence-electron chi connectivity index (χ2n) is 5.76. The number of nitrogens with zero attached hydrogens (tertiary/aromatic N) is 2. The Morgan fingerprint density at radius 1 is 1.27 bits per heavy atom. The summed E-state index contributed by atoms with van der Waals surface area (Å²) in [6, 6.07) is 6.84. The molecule has 0 bridgehead atoms. The van der Waals surface area contributed by atoms with Gasteiger partial charge in [0.1, 0.15) is 0 Å². The molecule has 0 saturated carbocycles. The quantitative estimate of drug-likeness (QED) is 0.695. The average Bonchev–Trinajstić information content (AvgIpc) is 3.20. The fourth-order valence-corrected chi connectivity index (χ4v) is 5.86. The lowest BCUT2D eigenvalue weighted by Crippen LogP contribution is -2.20. The molecule has 0 saturated heterocycles. The molecule has 2 nitrogen and oxygen atoms in total. The molecular weight excluding hydrogens is 328 g/mol. The summed E-state index contributed by atoms with van der Waals surface area (Å²) in [5, 5.41) is 4.79. The van der Waals surface area contributed by atoms with Gasteiger partial charge in [-0.3, -0.25) is 4.99 Å². The van der Waals surface area contributed by atoms with Gasteiger partial charge in [0.05, 0.1) is 12.2 Å². The van der Waals surface area contributed by atoms with Gasteiger partial charge in [-0.25, -0.2) is 0 Å². The Kier molecular flexibility index (Phi) is 3.75. The molecule has 2 aromatic rings. The number of thioether (sulfide) groups is 2. The van der Waals surface area contributed by atoms with Crippen LogP contribution in [-0.2, 0) is 0 Å². The van der Waals surface area contributed by atoms with Gasteiger partial charge in [-0.1, -0.05) is 31.7 Å². The molecule has 0 aliphatic carbocycles. The molecule has 0 N–H and O–H groups in total. The summed E-state index contributed by atoms with van der Waals surface area (Å²) >= 11 is 5.55. The van der Waals surface area contributed by atoms with E-state index < -0.39 is 0 Å². The molecule has 3 heterocycles. The SMILES string of the molecule is CSc1ccc(C2=C(C(C)C)SC3=NCCN32)c2sccc12. The largest absolute Gasteiger partial charge is 0.318 e. The highest BCUT2D eigenvalue weighted by molar-refractivity contribution is 8.17. The molecule has 2 aliphatic heterocycles. The smallest absolute Gasteiger partial charge is 0.168 e. The van der Waals surface area contributed by atoms with Crippen LogP contribution < -0.4 is 0 Å². The number of rotatable bonds is 3. The summed E-state index contributed by atoms with van der Waals surface area (Å²) in [6.07, 6.45) is 2.15.